The van der Waals surface area contributed by atoms with E-state index in [0.717, 1.165) is 17.1 Å². The largest absolute Gasteiger partial charge is 0.346 e. The normalized spacial score (nSPS) is 22.5. The summed E-state index contributed by atoms with van der Waals surface area (Å²) < 4.78 is 25.5. The summed E-state index contributed by atoms with van der Waals surface area (Å²) in [5.74, 6) is -0.0828. The van der Waals surface area contributed by atoms with Crippen LogP contribution in [0.15, 0.2) is 36.4 Å². The highest BCUT2D eigenvalue weighted by molar-refractivity contribution is 7.91. The Morgan fingerprint density at radius 2 is 1.88 bits per heavy atom. The van der Waals surface area contributed by atoms with Crippen LogP contribution in [0.1, 0.15) is 35.1 Å². The second-order valence-electron chi connectivity index (χ2n) is 6.81. The number of sulfone groups is 1. The number of amides is 1. The lowest BCUT2D eigenvalue weighted by atomic mass is 10.0. The molecule has 0 radical (unpaired) electrons. The molecule has 1 aromatic heterocycles. The lowest BCUT2D eigenvalue weighted by molar-refractivity contribution is 0.0915. The maximum atomic E-state index is 12.7. The topological polar surface area (TPSA) is 68.2 Å². The molecule has 1 N–H and O–H groups in total. The lowest BCUT2D eigenvalue weighted by Gasteiger charge is -2.23. The molecule has 0 aliphatic carbocycles. The molecule has 1 aromatic carbocycles. The third kappa shape index (κ3) is 3.11. The van der Waals surface area contributed by atoms with Crippen LogP contribution in [0.3, 0.4) is 0 Å². The van der Waals surface area contributed by atoms with Crippen molar-refractivity contribution in [2.45, 2.75) is 32.7 Å². The number of para-hydroxylation sites is 1. The zero-order chi connectivity index (χ0) is 17.5. The van der Waals surface area contributed by atoms with Gasteiger partial charge in [0.2, 0.25) is 0 Å². The predicted octanol–water partition coefficient (Wildman–Crippen LogP) is 2.40. The van der Waals surface area contributed by atoms with E-state index < -0.39 is 15.4 Å². The van der Waals surface area contributed by atoms with Gasteiger partial charge in [-0.2, -0.15) is 0 Å². The van der Waals surface area contributed by atoms with E-state index in [1.807, 2.05) is 54.8 Å². The van der Waals surface area contributed by atoms with E-state index in [2.05, 4.69) is 5.32 Å². The highest BCUT2D eigenvalue weighted by Gasteiger charge is 2.39. The fourth-order valence-corrected chi connectivity index (χ4v) is 5.51. The van der Waals surface area contributed by atoms with Gasteiger partial charge in [0.1, 0.15) is 0 Å². The molecule has 128 valence electrons. The van der Waals surface area contributed by atoms with Crippen molar-refractivity contribution < 1.29 is 13.2 Å². The molecule has 2 heterocycles. The molecule has 0 spiro atoms. The van der Waals surface area contributed by atoms with E-state index in [1.165, 1.54) is 0 Å². The van der Waals surface area contributed by atoms with Crippen LogP contribution in [0.4, 0.5) is 0 Å². The summed E-state index contributed by atoms with van der Waals surface area (Å²) in [5, 5.41) is 2.93. The molecule has 0 saturated carbocycles. The van der Waals surface area contributed by atoms with E-state index in [1.54, 1.807) is 6.92 Å². The van der Waals surface area contributed by atoms with Crippen LogP contribution in [0, 0.1) is 13.8 Å². The monoisotopic (exact) mass is 346 g/mol. The number of hydrogen-bond donors (Lipinski definition) is 1. The van der Waals surface area contributed by atoms with Crippen molar-refractivity contribution in [1.82, 2.24) is 9.88 Å². The molecule has 6 heteroatoms. The van der Waals surface area contributed by atoms with Crippen LogP contribution in [0.5, 0.6) is 0 Å². The van der Waals surface area contributed by atoms with E-state index in [-0.39, 0.29) is 17.4 Å². The van der Waals surface area contributed by atoms with Crippen LogP contribution in [0.25, 0.3) is 5.69 Å². The van der Waals surface area contributed by atoms with Gasteiger partial charge in [-0.05, 0) is 45.4 Å². The summed E-state index contributed by atoms with van der Waals surface area (Å²) in [6.45, 7) is 5.66. The summed E-state index contributed by atoms with van der Waals surface area (Å²) >= 11 is 0. The summed E-state index contributed by atoms with van der Waals surface area (Å²) in [6, 6.07) is 11.7. The maximum Gasteiger partial charge on any atom is 0.253 e. The second-order valence-corrected chi connectivity index (χ2v) is 9.00. The molecule has 0 bridgehead atoms. The smallest absolute Gasteiger partial charge is 0.253 e. The van der Waals surface area contributed by atoms with Gasteiger partial charge in [-0.3, -0.25) is 4.79 Å². The van der Waals surface area contributed by atoms with Gasteiger partial charge in [0.05, 0.1) is 22.6 Å². The van der Waals surface area contributed by atoms with E-state index in [9.17, 15) is 13.2 Å². The Hall–Kier alpha value is -2.08. The summed E-state index contributed by atoms with van der Waals surface area (Å²) in [4.78, 5) is 12.7. The number of aromatic nitrogens is 1. The fourth-order valence-electron chi connectivity index (χ4n) is 3.42. The zero-order valence-electron chi connectivity index (χ0n) is 14.2. The van der Waals surface area contributed by atoms with Gasteiger partial charge < -0.3 is 9.88 Å². The average molecular weight is 346 g/mol. The van der Waals surface area contributed by atoms with Gasteiger partial charge in [0.15, 0.2) is 9.84 Å². The van der Waals surface area contributed by atoms with Crippen LogP contribution < -0.4 is 5.32 Å². The molecular formula is C18H22N2O3S. The highest BCUT2D eigenvalue weighted by Crippen LogP contribution is 2.25. The number of nitrogens with one attached hydrogen (secondary N) is 1. The number of benzene rings is 1. The minimum absolute atomic E-state index is 0.00314. The average Bonchev–Trinajstić information content (AvgIpc) is 2.95. The molecular weight excluding hydrogens is 324 g/mol. The minimum atomic E-state index is -3.06. The van der Waals surface area contributed by atoms with Crippen molar-refractivity contribution in [2.24, 2.45) is 0 Å². The Morgan fingerprint density at radius 1 is 1.21 bits per heavy atom. The third-order valence-electron chi connectivity index (χ3n) is 4.61. The van der Waals surface area contributed by atoms with Gasteiger partial charge >= 0.3 is 0 Å². The molecule has 1 atom stereocenters. The van der Waals surface area contributed by atoms with Crippen molar-refractivity contribution in [3.05, 3.63) is 53.3 Å². The molecule has 1 amide bonds. The van der Waals surface area contributed by atoms with E-state index >= 15 is 0 Å². The van der Waals surface area contributed by atoms with Crippen molar-refractivity contribution in [2.75, 3.05) is 11.5 Å². The number of hydrogen-bond acceptors (Lipinski definition) is 3. The summed E-state index contributed by atoms with van der Waals surface area (Å²) in [6.07, 6.45) is 0.457. The Balaban J connectivity index is 1.90. The molecule has 5 nitrogen and oxygen atoms in total. The third-order valence-corrected chi connectivity index (χ3v) is 6.51. The zero-order valence-corrected chi connectivity index (χ0v) is 15.0. The lowest BCUT2D eigenvalue weighted by Crippen LogP contribution is -2.47. The van der Waals surface area contributed by atoms with Gasteiger partial charge in [0.25, 0.3) is 5.91 Å². The number of carbonyl (C=O) groups is 1. The first-order valence-corrected chi connectivity index (χ1v) is 9.80. The van der Waals surface area contributed by atoms with Crippen LogP contribution in [-0.2, 0) is 9.84 Å². The van der Waals surface area contributed by atoms with Crippen molar-refractivity contribution in [3.8, 4) is 5.69 Å². The fraction of sp³-hybridized carbons (Fsp3) is 0.389. The van der Waals surface area contributed by atoms with Gasteiger partial charge in [-0.15, -0.1) is 0 Å². The Kier molecular flexibility index (Phi) is 4.03. The number of carbonyl (C=O) groups excluding carboxylic acids is 1. The molecule has 3 rings (SSSR count). The maximum absolute atomic E-state index is 12.7. The first kappa shape index (κ1) is 16.8. The summed E-state index contributed by atoms with van der Waals surface area (Å²) in [7, 11) is -3.06. The molecule has 24 heavy (non-hydrogen) atoms. The van der Waals surface area contributed by atoms with Gasteiger partial charge in [-0.25, -0.2) is 8.42 Å². The highest BCUT2D eigenvalue weighted by atomic mass is 32.2. The first-order chi connectivity index (χ1) is 11.2. The van der Waals surface area contributed by atoms with Gasteiger partial charge in [0, 0.05) is 17.1 Å². The molecule has 1 aliphatic heterocycles. The van der Waals surface area contributed by atoms with E-state index in [4.69, 9.17) is 0 Å². The number of aryl methyl sites for hydroxylation is 1. The number of nitrogens with zero attached hydrogens (tertiary/aromatic N) is 1. The molecule has 2 aromatic rings. The number of rotatable bonds is 3. The quantitative estimate of drug-likeness (QED) is 0.928. The van der Waals surface area contributed by atoms with Crippen molar-refractivity contribution in [3.63, 3.8) is 0 Å². The Morgan fingerprint density at radius 3 is 2.46 bits per heavy atom. The second kappa shape index (κ2) is 5.77. The van der Waals surface area contributed by atoms with Crippen LogP contribution >= 0.6 is 0 Å². The van der Waals surface area contributed by atoms with Crippen molar-refractivity contribution >= 4 is 15.7 Å². The standard InChI is InChI=1S/C18H22N2O3S/c1-13-11-16(14(2)20(13)15-7-5-4-6-8-15)17(21)19-18(3)9-10-24(22,23)12-18/h4-8,11H,9-10,12H2,1-3H3,(H,19,21). The first-order valence-electron chi connectivity index (χ1n) is 7.98. The Labute approximate surface area is 142 Å². The summed E-state index contributed by atoms with van der Waals surface area (Å²) in [5.41, 5.74) is 2.71. The SMILES string of the molecule is Cc1cc(C(=O)NC2(C)CCS(=O)(=O)C2)c(C)n1-c1ccccc1. The van der Waals surface area contributed by atoms with Crippen molar-refractivity contribution in [1.29, 1.82) is 0 Å². The molecule has 1 saturated heterocycles. The molecule has 1 fully saturated rings. The van der Waals surface area contributed by atoms with Crippen LogP contribution in [-0.4, -0.2) is 35.9 Å². The Bertz CT molecular complexity index is 884. The van der Waals surface area contributed by atoms with E-state index in [0.29, 0.717) is 12.0 Å². The minimum Gasteiger partial charge on any atom is -0.346 e. The molecule has 1 aliphatic rings. The molecule has 1 unspecified atom stereocenters. The van der Waals surface area contributed by atoms with Crippen LogP contribution in [0.2, 0.25) is 0 Å². The predicted molar refractivity (Wildman–Crippen MR) is 94.4 cm³/mol. The van der Waals surface area contributed by atoms with Gasteiger partial charge in [-0.1, -0.05) is 18.2 Å².